The van der Waals surface area contributed by atoms with E-state index in [-0.39, 0.29) is 5.78 Å². The van der Waals surface area contributed by atoms with E-state index in [1.165, 1.54) is 0 Å². The molecular weight excluding hydrogens is 206 g/mol. The van der Waals surface area contributed by atoms with Crippen LogP contribution >= 0.6 is 11.3 Å². The Morgan fingerprint density at radius 1 is 1.27 bits per heavy atom. The lowest BCUT2D eigenvalue weighted by Crippen LogP contribution is -2.10. The van der Waals surface area contributed by atoms with Crippen LogP contribution in [0.25, 0.3) is 11.3 Å². The first-order chi connectivity index (χ1) is 7.25. The molecular formula is C12H9NOS. The van der Waals surface area contributed by atoms with Crippen LogP contribution in [0.2, 0.25) is 0 Å². The molecule has 0 radical (unpaired) electrons. The quantitative estimate of drug-likeness (QED) is 0.676. The third-order valence-corrected chi connectivity index (χ3v) is 3.58. The number of aryl methyl sites for hydroxylation is 1. The number of thiazole rings is 1. The topological polar surface area (TPSA) is 30.0 Å². The molecule has 2 aromatic rings. The highest BCUT2D eigenvalue weighted by Crippen LogP contribution is 2.35. The molecule has 1 aromatic carbocycles. The highest BCUT2D eigenvalue weighted by molar-refractivity contribution is 7.12. The number of hydrogen-bond donors (Lipinski definition) is 0. The summed E-state index contributed by atoms with van der Waals surface area (Å²) in [5, 5.41) is 1.03. The van der Waals surface area contributed by atoms with Gasteiger partial charge in [0.1, 0.15) is 0 Å². The van der Waals surface area contributed by atoms with Crippen LogP contribution in [0.15, 0.2) is 24.3 Å². The van der Waals surface area contributed by atoms with Gasteiger partial charge < -0.3 is 0 Å². The van der Waals surface area contributed by atoms with E-state index in [2.05, 4.69) is 4.98 Å². The Hall–Kier alpha value is -1.48. The van der Waals surface area contributed by atoms with Gasteiger partial charge in [0.2, 0.25) is 0 Å². The lowest BCUT2D eigenvalue weighted by molar-refractivity contribution is 0.0992. The summed E-state index contributed by atoms with van der Waals surface area (Å²) >= 11 is 1.63. The van der Waals surface area contributed by atoms with Crippen LogP contribution in [-0.2, 0) is 6.42 Å². The number of fused-ring (bicyclic) bond motifs is 3. The Morgan fingerprint density at radius 2 is 2.00 bits per heavy atom. The number of rotatable bonds is 0. The lowest BCUT2D eigenvalue weighted by Gasteiger charge is -2.12. The highest BCUT2D eigenvalue weighted by atomic mass is 32.1. The lowest BCUT2D eigenvalue weighted by atomic mass is 9.92. The maximum atomic E-state index is 11.8. The largest absolute Gasteiger partial charge is 0.294 e. The fraction of sp³-hybridized carbons (Fsp3) is 0.167. The van der Waals surface area contributed by atoms with Gasteiger partial charge in [0.05, 0.1) is 10.7 Å². The SMILES string of the molecule is Cc1nc2c(s1)CC(=O)c1ccccc1-2. The summed E-state index contributed by atoms with van der Waals surface area (Å²) in [6.45, 7) is 1.98. The first kappa shape index (κ1) is 8.80. The second-order valence-corrected chi connectivity index (χ2v) is 4.94. The van der Waals surface area contributed by atoms with Crippen molar-refractivity contribution in [2.45, 2.75) is 13.3 Å². The normalized spacial score (nSPS) is 13.5. The number of aromatic nitrogens is 1. The van der Waals surface area contributed by atoms with E-state index in [0.717, 1.165) is 26.7 Å². The number of ketones is 1. The number of hydrogen-bond acceptors (Lipinski definition) is 3. The summed E-state index contributed by atoms with van der Waals surface area (Å²) in [5.74, 6) is 0.210. The van der Waals surface area contributed by atoms with Crippen LogP contribution in [-0.4, -0.2) is 10.8 Å². The molecule has 1 aliphatic rings. The van der Waals surface area contributed by atoms with E-state index >= 15 is 0 Å². The van der Waals surface area contributed by atoms with Gasteiger partial charge in [-0.1, -0.05) is 24.3 Å². The maximum absolute atomic E-state index is 11.8. The number of nitrogens with zero attached hydrogens (tertiary/aromatic N) is 1. The summed E-state index contributed by atoms with van der Waals surface area (Å²) in [4.78, 5) is 17.4. The predicted octanol–water partition coefficient (Wildman–Crippen LogP) is 2.86. The summed E-state index contributed by atoms with van der Waals surface area (Å²) < 4.78 is 0. The fourth-order valence-electron chi connectivity index (χ4n) is 1.97. The van der Waals surface area contributed by atoms with Gasteiger partial charge in [0.25, 0.3) is 0 Å². The van der Waals surface area contributed by atoms with Crippen molar-refractivity contribution in [3.8, 4) is 11.3 Å². The zero-order valence-electron chi connectivity index (χ0n) is 8.28. The molecule has 0 N–H and O–H groups in total. The minimum Gasteiger partial charge on any atom is -0.294 e. The standard InChI is InChI=1S/C12H9NOS/c1-7-13-12-9-5-3-2-4-8(9)10(14)6-11(12)15-7/h2-5H,6H2,1H3. The average molecular weight is 215 g/mol. The minimum absolute atomic E-state index is 0.210. The van der Waals surface area contributed by atoms with Gasteiger partial charge in [-0.15, -0.1) is 11.3 Å². The van der Waals surface area contributed by atoms with Gasteiger partial charge in [-0.05, 0) is 6.92 Å². The Morgan fingerprint density at radius 3 is 2.80 bits per heavy atom. The van der Waals surface area contributed by atoms with E-state index in [9.17, 15) is 4.79 Å². The molecule has 0 bridgehead atoms. The zero-order valence-corrected chi connectivity index (χ0v) is 9.10. The highest BCUT2D eigenvalue weighted by Gasteiger charge is 2.24. The van der Waals surface area contributed by atoms with Gasteiger partial charge in [-0.25, -0.2) is 4.98 Å². The van der Waals surface area contributed by atoms with Crippen LogP contribution in [0, 0.1) is 6.92 Å². The van der Waals surface area contributed by atoms with Crippen molar-refractivity contribution in [1.29, 1.82) is 0 Å². The average Bonchev–Trinajstić information content (AvgIpc) is 2.59. The summed E-state index contributed by atoms with van der Waals surface area (Å²) in [6.07, 6.45) is 0.512. The second kappa shape index (κ2) is 3.00. The van der Waals surface area contributed by atoms with Crippen LogP contribution in [0.1, 0.15) is 20.2 Å². The Bertz CT molecular complexity index is 556. The van der Waals surface area contributed by atoms with Crippen molar-refractivity contribution >= 4 is 17.1 Å². The van der Waals surface area contributed by atoms with Crippen molar-refractivity contribution < 1.29 is 4.79 Å². The van der Waals surface area contributed by atoms with Crippen molar-refractivity contribution in [3.05, 3.63) is 39.7 Å². The first-order valence-electron chi connectivity index (χ1n) is 4.84. The molecule has 1 aromatic heterocycles. The van der Waals surface area contributed by atoms with E-state index in [1.807, 2.05) is 31.2 Å². The molecule has 74 valence electrons. The molecule has 2 nitrogen and oxygen atoms in total. The first-order valence-corrected chi connectivity index (χ1v) is 5.66. The molecule has 1 aliphatic carbocycles. The summed E-state index contributed by atoms with van der Waals surface area (Å²) in [5.41, 5.74) is 2.82. The molecule has 0 saturated heterocycles. The molecule has 3 rings (SSSR count). The van der Waals surface area contributed by atoms with Gasteiger partial charge in [0.15, 0.2) is 5.78 Å². The van der Waals surface area contributed by atoms with Gasteiger partial charge >= 0.3 is 0 Å². The van der Waals surface area contributed by atoms with Gasteiger partial charge in [-0.2, -0.15) is 0 Å². The summed E-state index contributed by atoms with van der Waals surface area (Å²) in [7, 11) is 0. The monoisotopic (exact) mass is 215 g/mol. The van der Waals surface area contributed by atoms with Gasteiger partial charge in [-0.3, -0.25) is 4.79 Å². The van der Waals surface area contributed by atoms with E-state index in [0.29, 0.717) is 6.42 Å². The fourth-order valence-corrected chi connectivity index (χ4v) is 2.92. The van der Waals surface area contributed by atoms with E-state index < -0.39 is 0 Å². The molecule has 1 heterocycles. The van der Waals surface area contributed by atoms with Crippen LogP contribution < -0.4 is 0 Å². The third-order valence-electron chi connectivity index (χ3n) is 2.61. The summed E-state index contributed by atoms with van der Waals surface area (Å²) in [6, 6.07) is 7.72. The van der Waals surface area contributed by atoms with Crippen molar-refractivity contribution in [2.24, 2.45) is 0 Å². The molecule has 0 fully saturated rings. The number of benzene rings is 1. The molecule has 0 saturated carbocycles. The maximum Gasteiger partial charge on any atom is 0.168 e. The predicted molar refractivity (Wildman–Crippen MR) is 60.3 cm³/mol. The zero-order chi connectivity index (χ0) is 10.4. The van der Waals surface area contributed by atoms with Crippen LogP contribution in [0.5, 0.6) is 0 Å². The van der Waals surface area contributed by atoms with E-state index in [1.54, 1.807) is 11.3 Å². The second-order valence-electron chi connectivity index (χ2n) is 3.65. The molecule has 15 heavy (non-hydrogen) atoms. The van der Waals surface area contributed by atoms with Crippen LogP contribution in [0.4, 0.5) is 0 Å². The third kappa shape index (κ3) is 1.23. The van der Waals surface area contributed by atoms with Crippen molar-refractivity contribution in [2.75, 3.05) is 0 Å². The van der Waals surface area contributed by atoms with Gasteiger partial charge in [0, 0.05) is 22.4 Å². The Kier molecular flexibility index (Phi) is 1.76. The molecule has 0 atom stereocenters. The number of Topliss-reactive ketones (excluding diaryl/α,β-unsaturated/α-hetero) is 1. The van der Waals surface area contributed by atoms with Crippen LogP contribution in [0.3, 0.4) is 0 Å². The number of carbonyl (C=O) groups is 1. The Labute approximate surface area is 91.6 Å². The van der Waals surface area contributed by atoms with E-state index in [4.69, 9.17) is 0 Å². The van der Waals surface area contributed by atoms with Crippen molar-refractivity contribution in [3.63, 3.8) is 0 Å². The smallest absolute Gasteiger partial charge is 0.168 e. The molecule has 0 unspecified atom stereocenters. The minimum atomic E-state index is 0.210. The number of carbonyl (C=O) groups excluding carboxylic acids is 1. The molecule has 0 spiro atoms. The van der Waals surface area contributed by atoms with Crippen molar-refractivity contribution in [1.82, 2.24) is 4.98 Å². The Balaban J connectivity index is 2.33. The molecule has 0 aliphatic heterocycles. The molecule has 3 heteroatoms. The molecule has 0 amide bonds.